The molecule has 6 nitrogen and oxygen atoms in total. The van der Waals surface area contributed by atoms with E-state index >= 15 is 0 Å². The number of rotatable bonds is 3. The number of carbonyl (C=O) groups is 3. The molecule has 1 fully saturated rings. The Labute approximate surface area is 101 Å². The Morgan fingerprint density at radius 3 is 2.47 bits per heavy atom. The molecule has 1 atom stereocenters. The van der Waals surface area contributed by atoms with Crippen LogP contribution in [0, 0.1) is 5.92 Å². The first kappa shape index (κ1) is 13.5. The molecule has 0 aliphatic carbocycles. The summed E-state index contributed by atoms with van der Waals surface area (Å²) in [7, 11) is 4.92. The monoisotopic (exact) mass is 241 g/mol. The van der Waals surface area contributed by atoms with Gasteiger partial charge in [0.05, 0.1) is 12.5 Å². The van der Waals surface area contributed by atoms with E-state index in [-0.39, 0.29) is 30.2 Å². The van der Waals surface area contributed by atoms with Crippen LogP contribution in [0.2, 0.25) is 0 Å². The molecular formula is C11H19N3O3. The van der Waals surface area contributed by atoms with E-state index < -0.39 is 0 Å². The van der Waals surface area contributed by atoms with Crippen LogP contribution < -0.4 is 5.32 Å². The summed E-state index contributed by atoms with van der Waals surface area (Å²) in [4.78, 5) is 37.3. The number of hydrogen-bond donors (Lipinski definition) is 1. The van der Waals surface area contributed by atoms with Crippen LogP contribution in [0.3, 0.4) is 0 Å². The number of nitrogens with zero attached hydrogens (tertiary/aromatic N) is 2. The van der Waals surface area contributed by atoms with Crippen LogP contribution in [0.5, 0.6) is 0 Å². The first-order valence-electron chi connectivity index (χ1n) is 5.63. The van der Waals surface area contributed by atoms with Gasteiger partial charge in [-0.05, 0) is 6.42 Å². The largest absolute Gasteiger partial charge is 0.355 e. The Hall–Kier alpha value is -1.59. The third-order valence-electron chi connectivity index (χ3n) is 2.86. The summed E-state index contributed by atoms with van der Waals surface area (Å²) >= 11 is 0. The molecule has 3 amide bonds. The van der Waals surface area contributed by atoms with Crippen LogP contribution in [0.4, 0.5) is 0 Å². The second-order valence-electron chi connectivity index (χ2n) is 4.52. The summed E-state index contributed by atoms with van der Waals surface area (Å²) in [5.74, 6) is -0.408. The van der Waals surface area contributed by atoms with E-state index in [2.05, 4.69) is 5.32 Å². The Bertz CT molecular complexity index is 318. The van der Waals surface area contributed by atoms with E-state index in [0.29, 0.717) is 19.4 Å². The smallest absolute Gasteiger partial charge is 0.241 e. The Kier molecular flexibility index (Phi) is 4.48. The fourth-order valence-electron chi connectivity index (χ4n) is 1.68. The van der Waals surface area contributed by atoms with Crippen molar-refractivity contribution in [2.24, 2.45) is 5.92 Å². The lowest BCUT2D eigenvalue weighted by Gasteiger charge is -2.27. The molecule has 17 heavy (non-hydrogen) atoms. The number of piperidine rings is 1. The molecule has 0 radical (unpaired) electrons. The molecule has 1 aliphatic rings. The lowest BCUT2D eigenvalue weighted by molar-refractivity contribution is -0.141. The summed E-state index contributed by atoms with van der Waals surface area (Å²) in [6, 6.07) is 0. The molecule has 0 bridgehead atoms. The third kappa shape index (κ3) is 3.72. The molecule has 1 aliphatic heterocycles. The van der Waals surface area contributed by atoms with Crippen molar-refractivity contribution in [3.63, 3.8) is 0 Å². The van der Waals surface area contributed by atoms with Gasteiger partial charge in [0.15, 0.2) is 0 Å². The molecule has 1 unspecified atom stereocenters. The van der Waals surface area contributed by atoms with Crippen LogP contribution in [-0.4, -0.2) is 61.8 Å². The van der Waals surface area contributed by atoms with E-state index in [4.69, 9.17) is 0 Å². The highest BCUT2D eigenvalue weighted by atomic mass is 16.2. The average Bonchev–Trinajstić information content (AvgIpc) is 2.28. The number of likely N-dealkylation sites (N-methyl/N-ethyl adjacent to an activating group) is 2. The highest BCUT2D eigenvalue weighted by Gasteiger charge is 2.27. The number of nitrogens with one attached hydrogen (secondary N) is 1. The van der Waals surface area contributed by atoms with Gasteiger partial charge in [0, 0.05) is 34.1 Å². The SMILES string of the molecule is CN(C)C(=O)CN(C)C(=O)C1CCC(=O)NC1. The maximum atomic E-state index is 12.0. The molecule has 1 saturated heterocycles. The standard InChI is InChI=1S/C11H19N3O3/c1-13(2)10(16)7-14(3)11(17)8-4-5-9(15)12-6-8/h8H,4-7H2,1-3H3,(H,12,15). The molecule has 0 spiro atoms. The molecule has 1 heterocycles. The van der Waals surface area contributed by atoms with E-state index in [1.165, 1.54) is 9.80 Å². The summed E-state index contributed by atoms with van der Waals surface area (Å²) in [6.07, 6.45) is 0.942. The predicted octanol–water partition coefficient (Wildman–Crippen LogP) is -0.941. The zero-order valence-corrected chi connectivity index (χ0v) is 10.5. The van der Waals surface area contributed by atoms with Gasteiger partial charge in [-0.1, -0.05) is 0 Å². The number of hydrogen-bond acceptors (Lipinski definition) is 3. The van der Waals surface area contributed by atoms with Gasteiger partial charge >= 0.3 is 0 Å². The zero-order valence-electron chi connectivity index (χ0n) is 10.5. The minimum atomic E-state index is -0.201. The van der Waals surface area contributed by atoms with E-state index in [0.717, 1.165) is 0 Å². The summed E-state index contributed by atoms with van der Waals surface area (Å²) in [5.41, 5.74) is 0. The van der Waals surface area contributed by atoms with Crippen molar-refractivity contribution in [2.45, 2.75) is 12.8 Å². The van der Waals surface area contributed by atoms with Crippen molar-refractivity contribution in [2.75, 3.05) is 34.2 Å². The van der Waals surface area contributed by atoms with Gasteiger partial charge in [0.2, 0.25) is 17.7 Å². The van der Waals surface area contributed by atoms with Crippen molar-refractivity contribution in [3.8, 4) is 0 Å². The highest BCUT2D eigenvalue weighted by molar-refractivity contribution is 5.87. The second-order valence-corrected chi connectivity index (χ2v) is 4.52. The zero-order chi connectivity index (χ0) is 13.0. The maximum absolute atomic E-state index is 12.0. The summed E-state index contributed by atoms with van der Waals surface area (Å²) < 4.78 is 0. The molecule has 1 rings (SSSR count). The van der Waals surface area contributed by atoms with Crippen LogP contribution in [0.1, 0.15) is 12.8 Å². The Morgan fingerprint density at radius 1 is 1.35 bits per heavy atom. The van der Waals surface area contributed by atoms with Crippen molar-refractivity contribution in [1.82, 2.24) is 15.1 Å². The topological polar surface area (TPSA) is 69.7 Å². The Morgan fingerprint density at radius 2 is 2.00 bits per heavy atom. The van der Waals surface area contributed by atoms with Crippen molar-refractivity contribution >= 4 is 17.7 Å². The third-order valence-corrected chi connectivity index (χ3v) is 2.86. The molecule has 1 N–H and O–H groups in total. The van der Waals surface area contributed by atoms with Crippen molar-refractivity contribution in [3.05, 3.63) is 0 Å². The normalized spacial score (nSPS) is 19.5. The lowest BCUT2D eigenvalue weighted by Crippen LogP contribution is -2.46. The van der Waals surface area contributed by atoms with Gasteiger partial charge in [0.1, 0.15) is 0 Å². The minimum absolute atomic E-state index is 0.0129. The molecule has 0 aromatic carbocycles. The van der Waals surface area contributed by atoms with Crippen LogP contribution in [0.25, 0.3) is 0 Å². The summed E-state index contributed by atoms with van der Waals surface area (Å²) in [6.45, 7) is 0.453. The highest BCUT2D eigenvalue weighted by Crippen LogP contribution is 2.13. The van der Waals surface area contributed by atoms with Gasteiger partial charge in [-0.25, -0.2) is 0 Å². The number of carbonyl (C=O) groups excluding carboxylic acids is 3. The molecule has 0 aromatic heterocycles. The molecule has 6 heteroatoms. The fraction of sp³-hybridized carbons (Fsp3) is 0.727. The minimum Gasteiger partial charge on any atom is -0.355 e. The molecular weight excluding hydrogens is 222 g/mol. The van der Waals surface area contributed by atoms with Gasteiger partial charge in [-0.15, -0.1) is 0 Å². The predicted molar refractivity (Wildman–Crippen MR) is 62.1 cm³/mol. The van der Waals surface area contributed by atoms with Crippen LogP contribution >= 0.6 is 0 Å². The first-order valence-corrected chi connectivity index (χ1v) is 5.63. The Balaban J connectivity index is 2.46. The number of amides is 3. The quantitative estimate of drug-likeness (QED) is 0.693. The maximum Gasteiger partial charge on any atom is 0.241 e. The van der Waals surface area contributed by atoms with Crippen LogP contribution in [0.15, 0.2) is 0 Å². The van der Waals surface area contributed by atoms with Crippen molar-refractivity contribution in [1.29, 1.82) is 0 Å². The molecule has 96 valence electrons. The molecule has 0 aromatic rings. The van der Waals surface area contributed by atoms with Gasteiger partial charge in [0.25, 0.3) is 0 Å². The van der Waals surface area contributed by atoms with Gasteiger partial charge < -0.3 is 15.1 Å². The van der Waals surface area contributed by atoms with E-state index in [9.17, 15) is 14.4 Å². The van der Waals surface area contributed by atoms with E-state index in [1.807, 2.05) is 0 Å². The lowest BCUT2D eigenvalue weighted by atomic mass is 9.98. The van der Waals surface area contributed by atoms with Crippen LogP contribution in [-0.2, 0) is 14.4 Å². The second kappa shape index (κ2) is 5.65. The first-order chi connectivity index (χ1) is 7.91. The van der Waals surface area contributed by atoms with Crippen molar-refractivity contribution < 1.29 is 14.4 Å². The average molecular weight is 241 g/mol. The fourth-order valence-corrected chi connectivity index (χ4v) is 1.68. The van der Waals surface area contributed by atoms with Gasteiger partial charge in [-0.2, -0.15) is 0 Å². The summed E-state index contributed by atoms with van der Waals surface area (Å²) in [5, 5.41) is 2.66. The molecule has 0 saturated carbocycles. The van der Waals surface area contributed by atoms with E-state index in [1.54, 1.807) is 21.1 Å². The van der Waals surface area contributed by atoms with Gasteiger partial charge in [-0.3, -0.25) is 14.4 Å².